The molecule has 3 N–H and O–H groups in total. The molecule has 12 heteroatoms. The maximum Gasteiger partial charge on any atom is 0.318 e. The van der Waals surface area contributed by atoms with Gasteiger partial charge in [-0.3, -0.25) is 14.4 Å². The quantitative estimate of drug-likeness (QED) is 0.447. The summed E-state index contributed by atoms with van der Waals surface area (Å²) in [6, 6.07) is -1.13. The van der Waals surface area contributed by atoms with E-state index in [1.165, 1.54) is 9.80 Å². The van der Waals surface area contributed by atoms with Crippen LogP contribution < -0.4 is 16.0 Å². The number of alkyl halides is 2. The minimum absolute atomic E-state index is 0.0840. The van der Waals surface area contributed by atoms with E-state index in [-0.39, 0.29) is 54.1 Å². The second-order valence-electron chi connectivity index (χ2n) is 14.6. The number of halogens is 2. The third-order valence-electron chi connectivity index (χ3n) is 10.2. The summed E-state index contributed by atoms with van der Waals surface area (Å²) in [5, 5.41) is 18.5. The van der Waals surface area contributed by atoms with Crippen LogP contribution in [0.3, 0.4) is 0 Å². The molecule has 1 spiro atoms. The molecule has 2 aliphatic carbocycles. The smallest absolute Gasteiger partial charge is 0.318 e. The molecular weight excluding hydrogens is 534 g/mol. The topological polar surface area (TPSA) is 135 Å². The van der Waals surface area contributed by atoms with E-state index in [0.717, 1.165) is 12.8 Å². The van der Waals surface area contributed by atoms with Crippen molar-refractivity contribution in [3.8, 4) is 6.07 Å². The monoisotopic (exact) mass is 576 g/mol. The van der Waals surface area contributed by atoms with Crippen LogP contribution in [0.2, 0.25) is 0 Å². The molecule has 0 aromatic carbocycles. The summed E-state index contributed by atoms with van der Waals surface area (Å²) >= 11 is 0. The normalized spacial score (nSPS) is 31.9. The zero-order chi connectivity index (χ0) is 30.1. The Morgan fingerprint density at radius 1 is 1.12 bits per heavy atom. The summed E-state index contributed by atoms with van der Waals surface area (Å²) in [7, 11) is 0. The van der Waals surface area contributed by atoms with E-state index in [0.29, 0.717) is 13.0 Å². The van der Waals surface area contributed by atoms with Gasteiger partial charge in [-0.15, -0.1) is 0 Å². The van der Waals surface area contributed by atoms with E-state index in [9.17, 15) is 33.2 Å². The Balaban J connectivity index is 1.29. The first-order chi connectivity index (χ1) is 19.0. The summed E-state index contributed by atoms with van der Waals surface area (Å²) in [6.45, 7) is 9.67. The second-order valence-corrected chi connectivity index (χ2v) is 14.6. The fraction of sp³-hybridized carbons (Fsp3) is 0.828. The van der Waals surface area contributed by atoms with Gasteiger partial charge in [0.25, 0.3) is 5.92 Å². The predicted molar refractivity (Wildman–Crippen MR) is 144 cm³/mol. The van der Waals surface area contributed by atoms with Gasteiger partial charge in [0.05, 0.1) is 6.07 Å². The molecule has 10 nitrogen and oxygen atoms in total. The Morgan fingerprint density at radius 2 is 1.76 bits per heavy atom. The largest absolute Gasteiger partial charge is 0.350 e. The van der Waals surface area contributed by atoms with Crippen LogP contribution in [0.25, 0.3) is 0 Å². The molecule has 6 atom stereocenters. The van der Waals surface area contributed by atoms with Crippen molar-refractivity contribution in [3.05, 3.63) is 0 Å². The highest BCUT2D eigenvalue weighted by atomic mass is 19.3. The van der Waals surface area contributed by atoms with Crippen molar-refractivity contribution in [1.29, 1.82) is 5.26 Å². The lowest BCUT2D eigenvalue weighted by Crippen LogP contribution is -2.61. The molecule has 2 saturated carbocycles. The standard InChI is InChI=1S/C29H42F2N6O4/c1-26(2,3)21(34-25(41)36-10-8-29(30,31)9-11-36)24(40)37-15-18-19(27(18,4)5)20(37)23(39)33-17(14-32)12-16-13-28(6-7-28)35-22(16)38/h16-21H,6-13,15H2,1-5H3,(H,33,39)(H,34,41)(H,35,38)/t16-,17+,18+,19+,20+,21-/m1/s1. The molecule has 41 heavy (non-hydrogen) atoms. The Labute approximate surface area is 239 Å². The fourth-order valence-electron chi connectivity index (χ4n) is 7.21. The van der Waals surface area contributed by atoms with Crippen molar-refractivity contribution < 1.29 is 28.0 Å². The number of urea groups is 1. The van der Waals surface area contributed by atoms with Crippen LogP contribution in [0, 0.1) is 39.9 Å². The average molecular weight is 577 g/mol. The SMILES string of the molecule is CC(C)(C)[C@H](NC(=O)N1CCC(F)(F)CC1)C(=O)N1C[C@H]2[C@@H]([C@H]1C(=O)N[C@H](C#N)C[C@@H]1CC3(CC3)NC1=O)C2(C)C. The van der Waals surface area contributed by atoms with Gasteiger partial charge in [-0.1, -0.05) is 34.6 Å². The molecule has 0 aromatic heterocycles. The Morgan fingerprint density at radius 3 is 2.29 bits per heavy atom. The Bertz CT molecular complexity index is 1160. The number of likely N-dealkylation sites (tertiary alicyclic amines) is 2. The lowest BCUT2D eigenvalue weighted by Gasteiger charge is -2.39. The minimum Gasteiger partial charge on any atom is -0.350 e. The van der Waals surface area contributed by atoms with Crippen molar-refractivity contribution in [1.82, 2.24) is 25.8 Å². The van der Waals surface area contributed by atoms with Gasteiger partial charge >= 0.3 is 6.03 Å². The van der Waals surface area contributed by atoms with Gasteiger partial charge in [0.1, 0.15) is 18.1 Å². The number of fused-ring (bicyclic) bond motifs is 1. The van der Waals surface area contributed by atoms with E-state index in [1.54, 1.807) is 20.8 Å². The van der Waals surface area contributed by atoms with Crippen LogP contribution in [0.1, 0.15) is 73.1 Å². The van der Waals surface area contributed by atoms with Gasteiger partial charge in [0.15, 0.2) is 0 Å². The first kappa shape index (κ1) is 29.5. The van der Waals surface area contributed by atoms with Gasteiger partial charge in [-0.2, -0.15) is 5.26 Å². The number of nitriles is 1. The van der Waals surface area contributed by atoms with Crippen molar-refractivity contribution in [3.63, 3.8) is 0 Å². The van der Waals surface area contributed by atoms with E-state index >= 15 is 0 Å². The first-order valence-corrected chi connectivity index (χ1v) is 14.7. The molecule has 226 valence electrons. The average Bonchev–Trinajstić information content (AvgIpc) is 3.59. The molecule has 0 unspecified atom stereocenters. The molecular formula is C29H42F2N6O4. The van der Waals surface area contributed by atoms with Crippen LogP contribution in [0.5, 0.6) is 0 Å². The highest BCUT2D eigenvalue weighted by Gasteiger charge is 2.70. The number of nitrogens with zero attached hydrogens (tertiary/aromatic N) is 3. The fourth-order valence-corrected chi connectivity index (χ4v) is 7.21. The maximum atomic E-state index is 14.0. The maximum absolute atomic E-state index is 14.0. The van der Waals surface area contributed by atoms with Crippen molar-refractivity contribution >= 4 is 23.8 Å². The van der Waals surface area contributed by atoms with Crippen molar-refractivity contribution in [2.24, 2.45) is 28.6 Å². The van der Waals surface area contributed by atoms with Crippen molar-refractivity contribution in [2.45, 2.75) is 103 Å². The molecule has 3 aliphatic heterocycles. The third-order valence-corrected chi connectivity index (χ3v) is 10.2. The molecule has 3 saturated heterocycles. The lowest BCUT2D eigenvalue weighted by atomic mass is 9.85. The van der Waals surface area contributed by atoms with E-state index in [4.69, 9.17) is 0 Å². The van der Waals surface area contributed by atoms with Gasteiger partial charge in [0.2, 0.25) is 17.7 Å². The van der Waals surface area contributed by atoms with E-state index in [1.807, 2.05) is 0 Å². The number of rotatable bonds is 6. The number of hydrogen-bond donors (Lipinski definition) is 3. The molecule has 3 heterocycles. The zero-order valence-corrected chi connectivity index (χ0v) is 24.6. The third kappa shape index (κ3) is 5.61. The first-order valence-electron chi connectivity index (χ1n) is 14.7. The summed E-state index contributed by atoms with van der Waals surface area (Å²) in [5.41, 5.74) is -1.02. The molecule has 5 fully saturated rings. The molecule has 0 bridgehead atoms. The summed E-state index contributed by atoms with van der Waals surface area (Å²) in [4.78, 5) is 56.1. The number of piperidine rings is 2. The number of amides is 5. The van der Waals surface area contributed by atoms with E-state index in [2.05, 4.69) is 35.9 Å². The number of carbonyl (C=O) groups excluding carboxylic acids is 4. The minimum atomic E-state index is -2.80. The van der Waals surface area contributed by atoms with Gasteiger partial charge in [0, 0.05) is 43.9 Å². The summed E-state index contributed by atoms with van der Waals surface area (Å²) < 4.78 is 27.3. The highest BCUT2D eigenvalue weighted by Crippen LogP contribution is 2.65. The molecule has 0 radical (unpaired) electrons. The lowest BCUT2D eigenvalue weighted by molar-refractivity contribution is -0.144. The van der Waals surface area contributed by atoms with Crippen LogP contribution in [-0.4, -0.2) is 82.8 Å². The summed E-state index contributed by atoms with van der Waals surface area (Å²) in [5.74, 6) is -4.07. The zero-order valence-electron chi connectivity index (χ0n) is 24.6. The van der Waals surface area contributed by atoms with Gasteiger partial charge < -0.3 is 25.8 Å². The Hall–Kier alpha value is -2.97. The van der Waals surface area contributed by atoms with Crippen LogP contribution >= 0.6 is 0 Å². The van der Waals surface area contributed by atoms with Gasteiger partial charge in [-0.05, 0) is 48.3 Å². The summed E-state index contributed by atoms with van der Waals surface area (Å²) in [6.07, 6.45) is 1.89. The van der Waals surface area contributed by atoms with E-state index < -0.39 is 60.2 Å². The molecule has 5 rings (SSSR count). The molecule has 0 aromatic rings. The predicted octanol–water partition coefficient (Wildman–Crippen LogP) is 2.39. The van der Waals surface area contributed by atoms with Crippen LogP contribution in [0.15, 0.2) is 0 Å². The Kier molecular flexibility index (Phi) is 7.06. The van der Waals surface area contributed by atoms with Crippen LogP contribution in [-0.2, 0) is 14.4 Å². The molecule has 5 amide bonds. The highest BCUT2D eigenvalue weighted by molar-refractivity contribution is 5.94. The molecule has 5 aliphatic rings. The van der Waals surface area contributed by atoms with Gasteiger partial charge in [-0.25, -0.2) is 13.6 Å². The number of nitrogens with one attached hydrogen (secondary N) is 3. The number of hydrogen-bond acceptors (Lipinski definition) is 5. The number of carbonyl (C=O) groups is 4. The second kappa shape index (κ2) is 9.80. The van der Waals surface area contributed by atoms with Crippen molar-refractivity contribution in [2.75, 3.05) is 19.6 Å². The van der Waals surface area contributed by atoms with Crippen LogP contribution in [0.4, 0.5) is 13.6 Å².